The van der Waals surface area contributed by atoms with Crippen LogP contribution in [-0.2, 0) is 0 Å². The summed E-state index contributed by atoms with van der Waals surface area (Å²) in [6, 6.07) is 0. The van der Waals surface area contributed by atoms with Gasteiger partial charge in [-0.15, -0.1) is 36.2 Å². The first-order valence-corrected chi connectivity index (χ1v) is 3.88. The van der Waals surface area contributed by atoms with Crippen LogP contribution in [0.1, 0.15) is 5.69 Å². The third kappa shape index (κ3) is 2.24. The first-order chi connectivity index (χ1) is 4.97. The van der Waals surface area contributed by atoms with Crippen molar-refractivity contribution in [1.29, 1.82) is 0 Å². The van der Waals surface area contributed by atoms with Crippen LogP contribution in [0.15, 0.2) is 23.9 Å². The van der Waals surface area contributed by atoms with Gasteiger partial charge in [0, 0.05) is 6.20 Å². The molecule has 2 nitrogen and oxygen atoms in total. The Morgan fingerprint density at radius 2 is 2.08 bits per heavy atom. The van der Waals surface area contributed by atoms with Gasteiger partial charge in [-0.05, 0) is 12.2 Å². The van der Waals surface area contributed by atoms with Crippen LogP contribution in [-0.4, -0.2) is 4.98 Å². The van der Waals surface area contributed by atoms with E-state index < -0.39 is 0 Å². The second kappa shape index (κ2) is 5.19. The third-order valence-electron chi connectivity index (χ3n) is 1.27. The average Bonchev–Trinajstić information content (AvgIpc) is 2.28. The Balaban J connectivity index is 0.000000605. The van der Waals surface area contributed by atoms with E-state index in [1.54, 1.807) is 11.3 Å². The molecule has 0 bridgehead atoms. The van der Waals surface area contributed by atoms with Gasteiger partial charge in [-0.2, -0.15) is 0 Å². The van der Waals surface area contributed by atoms with Crippen molar-refractivity contribution in [3.05, 3.63) is 29.6 Å². The molecule has 0 amide bonds. The van der Waals surface area contributed by atoms with Crippen molar-refractivity contribution in [3.63, 3.8) is 0 Å². The van der Waals surface area contributed by atoms with Gasteiger partial charge in [-0.25, -0.2) is 4.98 Å². The number of allylic oxidation sites excluding steroid dienone is 2. The van der Waals surface area contributed by atoms with Crippen LogP contribution >= 0.6 is 36.2 Å². The fourth-order valence-corrected chi connectivity index (χ4v) is 1.46. The summed E-state index contributed by atoms with van der Waals surface area (Å²) in [5.74, 6) is 0. The highest BCUT2D eigenvalue weighted by Gasteiger charge is 2.00. The molecule has 0 aliphatic carbocycles. The SMILES string of the molecule is C1=CNc2scnc2C=C1.Cl.Cl. The maximum atomic E-state index is 4.15. The highest BCUT2D eigenvalue weighted by molar-refractivity contribution is 7.14. The van der Waals surface area contributed by atoms with Crippen molar-refractivity contribution >= 4 is 47.2 Å². The van der Waals surface area contributed by atoms with Gasteiger partial charge in [0.1, 0.15) is 5.00 Å². The lowest BCUT2D eigenvalue weighted by Gasteiger charge is -1.91. The Labute approximate surface area is 87.2 Å². The number of anilines is 1. The number of rotatable bonds is 0. The van der Waals surface area contributed by atoms with Gasteiger partial charge < -0.3 is 5.32 Å². The molecular weight excluding hydrogens is 215 g/mol. The molecule has 0 radical (unpaired) electrons. The average molecular weight is 223 g/mol. The fraction of sp³-hybridized carbons (Fsp3) is 0. The lowest BCUT2D eigenvalue weighted by molar-refractivity contribution is 1.38. The molecule has 1 aliphatic rings. The summed E-state index contributed by atoms with van der Waals surface area (Å²) in [4.78, 5) is 4.15. The molecule has 1 aromatic rings. The largest absolute Gasteiger partial charge is 0.352 e. The van der Waals surface area contributed by atoms with E-state index in [1.807, 2.05) is 29.9 Å². The molecule has 0 unspecified atom stereocenters. The Kier molecular flexibility index (Phi) is 4.97. The van der Waals surface area contributed by atoms with E-state index in [0.29, 0.717) is 0 Å². The summed E-state index contributed by atoms with van der Waals surface area (Å²) < 4.78 is 0. The lowest BCUT2D eigenvalue weighted by atomic mass is 10.4. The molecule has 5 heteroatoms. The van der Waals surface area contributed by atoms with E-state index in [2.05, 4.69) is 10.3 Å². The zero-order chi connectivity index (χ0) is 6.81. The van der Waals surface area contributed by atoms with Crippen molar-refractivity contribution < 1.29 is 0 Å². The van der Waals surface area contributed by atoms with Crippen LogP contribution in [0.2, 0.25) is 0 Å². The molecule has 1 aromatic heterocycles. The standard InChI is InChI=1S/C7H6N2S.2ClH/c1-2-4-8-7-6(3-1)9-5-10-7;;/h1-5,8H;2*1H. The normalized spacial score (nSPS) is 11.7. The van der Waals surface area contributed by atoms with Gasteiger partial charge in [0.15, 0.2) is 0 Å². The van der Waals surface area contributed by atoms with Crippen LogP contribution in [0.3, 0.4) is 0 Å². The Morgan fingerprint density at radius 3 is 2.92 bits per heavy atom. The summed E-state index contributed by atoms with van der Waals surface area (Å²) in [7, 11) is 0. The minimum absolute atomic E-state index is 0. The van der Waals surface area contributed by atoms with E-state index in [1.165, 1.54) is 0 Å². The minimum Gasteiger partial charge on any atom is -0.352 e. The van der Waals surface area contributed by atoms with Crippen molar-refractivity contribution in [2.75, 3.05) is 5.32 Å². The van der Waals surface area contributed by atoms with Crippen LogP contribution < -0.4 is 5.32 Å². The molecule has 66 valence electrons. The monoisotopic (exact) mass is 222 g/mol. The van der Waals surface area contributed by atoms with Crippen LogP contribution in [0.4, 0.5) is 5.00 Å². The molecule has 2 rings (SSSR count). The van der Waals surface area contributed by atoms with Gasteiger partial charge in [0.2, 0.25) is 0 Å². The molecule has 0 fully saturated rings. The van der Waals surface area contributed by atoms with E-state index in [0.717, 1.165) is 10.7 Å². The molecule has 1 aliphatic heterocycles. The highest BCUT2D eigenvalue weighted by Crippen LogP contribution is 2.22. The Morgan fingerprint density at radius 1 is 1.25 bits per heavy atom. The van der Waals surface area contributed by atoms with Gasteiger partial charge in [-0.1, -0.05) is 6.08 Å². The summed E-state index contributed by atoms with van der Waals surface area (Å²) >= 11 is 1.61. The predicted molar refractivity (Wildman–Crippen MR) is 58.4 cm³/mol. The van der Waals surface area contributed by atoms with E-state index >= 15 is 0 Å². The van der Waals surface area contributed by atoms with E-state index in [4.69, 9.17) is 0 Å². The molecular formula is C7H8Cl2N2S. The van der Waals surface area contributed by atoms with Gasteiger partial charge in [0.05, 0.1) is 11.2 Å². The predicted octanol–water partition coefficient (Wildman–Crippen LogP) is 2.94. The number of thiazole rings is 1. The third-order valence-corrected chi connectivity index (χ3v) is 2.04. The minimum atomic E-state index is 0. The first-order valence-electron chi connectivity index (χ1n) is 3.00. The molecule has 0 atom stereocenters. The Hall–Kier alpha value is -0.510. The molecule has 0 saturated carbocycles. The zero-order valence-electron chi connectivity index (χ0n) is 6.06. The second-order valence-electron chi connectivity index (χ2n) is 1.93. The zero-order valence-corrected chi connectivity index (χ0v) is 8.51. The molecule has 1 N–H and O–H groups in total. The maximum Gasteiger partial charge on any atom is 0.120 e. The van der Waals surface area contributed by atoms with Crippen molar-refractivity contribution in [2.24, 2.45) is 0 Å². The lowest BCUT2D eigenvalue weighted by Crippen LogP contribution is -1.83. The smallest absolute Gasteiger partial charge is 0.120 e. The van der Waals surface area contributed by atoms with Crippen LogP contribution in [0.5, 0.6) is 0 Å². The van der Waals surface area contributed by atoms with E-state index in [-0.39, 0.29) is 24.8 Å². The van der Waals surface area contributed by atoms with Crippen molar-refractivity contribution in [3.8, 4) is 0 Å². The van der Waals surface area contributed by atoms with Crippen molar-refractivity contribution in [1.82, 2.24) is 4.98 Å². The van der Waals surface area contributed by atoms with Gasteiger partial charge >= 0.3 is 0 Å². The number of hydrogen-bond acceptors (Lipinski definition) is 3. The van der Waals surface area contributed by atoms with Gasteiger partial charge in [0.25, 0.3) is 0 Å². The fourth-order valence-electron chi connectivity index (χ4n) is 0.808. The summed E-state index contributed by atoms with van der Waals surface area (Å²) in [6.45, 7) is 0. The number of fused-ring (bicyclic) bond motifs is 1. The number of aromatic nitrogens is 1. The second-order valence-corrected chi connectivity index (χ2v) is 2.78. The number of nitrogens with zero attached hydrogens (tertiary/aromatic N) is 1. The number of hydrogen-bond donors (Lipinski definition) is 1. The quantitative estimate of drug-likeness (QED) is 0.731. The molecule has 0 aromatic carbocycles. The maximum absolute atomic E-state index is 4.15. The molecule has 2 heterocycles. The highest BCUT2D eigenvalue weighted by atomic mass is 35.5. The summed E-state index contributed by atoms with van der Waals surface area (Å²) in [5.41, 5.74) is 2.86. The molecule has 12 heavy (non-hydrogen) atoms. The van der Waals surface area contributed by atoms with Crippen molar-refractivity contribution in [2.45, 2.75) is 0 Å². The summed E-state index contributed by atoms with van der Waals surface area (Å²) in [6.07, 6.45) is 7.82. The molecule has 0 spiro atoms. The van der Waals surface area contributed by atoms with E-state index in [9.17, 15) is 0 Å². The van der Waals surface area contributed by atoms with Crippen LogP contribution in [0, 0.1) is 0 Å². The number of halogens is 2. The number of nitrogens with one attached hydrogen (secondary N) is 1. The molecule has 0 saturated heterocycles. The first kappa shape index (κ1) is 11.5. The van der Waals surface area contributed by atoms with Gasteiger partial charge in [-0.3, -0.25) is 0 Å². The topological polar surface area (TPSA) is 24.9 Å². The summed E-state index contributed by atoms with van der Waals surface area (Å²) in [5, 5.41) is 4.23. The van der Waals surface area contributed by atoms with Crippen LogP contribution in [0.25, 0.3) is 6.08 Å². The Bertz CT molecular complexity index is 293.